The number of aromatic nitrogens is 3. The first-order valence-electron chi connectivity index (χ1n) is 5.93. The molecule has 4 nitrogen and oxygen atoms in total. The molecule has 0 fully saturated rings. The fraction of sp³-hybridized carbons (Fsp3) is 0.385. The van der Waals surface area contributed by atoms with Gasteiger partial charge < -0.3 is 5.32 Å². The lowest BCUT2D eigenvalue weighted by atomic mass is 10.00. The molecular weight excluding hydrogens is 231 g/mol. The lowest BCUT2D eigenvalue weighted by Gasteiger charge is -2.22. The van der Waals surface area contributed by atoms with Gasteiger partial charge in [0, 0.05) is 13.2 Å². The second kappa shape index (κ2) is 5.16. The highest BCUT2D eigenvalue weighted by molar-refractivity contribution is 5.41. The SMILES string of the molecule is CC(C)[C@H](Nc1cnn(C)c1)c1ccc(F)cn1. The number of anilines is 1. The van der Waals surface area contributed by atoms with E-state index in [9.17, 15) is 4.39 Å². The number of pyridine rings is 1. The van der Waals surface area contributed by atoms with Crippen molar-refractivity contribution in [1.29, 1.82) is 0 Å². The Morgan fingerprint density at radius 1 is 1.28 bits per heavy atom. The molecule has 1 N–H and O–H groups in total. The third kappa shape index (κ3) is 2.85. The van der Waals surface area contributed by atoms with Gasteiger partial charge in [-0.25, -0.2) is 4.39 Å². The van der Waals surface area contributed by atoms with Crippen LogP contribution in [0, 0.1) is 11.7 Å². The number of halogens is 1. The lowest BCUT2D eigenvalue weighted by molar-refractivity contribution is 0.530. The van der Waals surface area contributed by atoms with Gasteiger partial charge in [-0.1, -0.05) is 13.8 Å². The van der Waals surface area contributed by atoms with Gasteiger partial charge in [-0.05, 0) is 18.1 Å². The van der Waals surface area contributed by atoms with E-state index in [0.717, 1.165) is 11.4 Å². The smallest absolute Gasteiger partial charge is 0.141 e. The fourth-order valence-corrected chi connectivity index (χ4v) is 1.83. The van der Waals surface area contributed by atoms with E-state index in [0.29, 0.717) is 5.92 Å². The van der Waals surface area contributed by atoms with Crippen molar-refractivity contribution >= 4 is 5.69 Å². The van der Waals surface area contributed by atoms with E-state index in [1.165, 1.54) is 12.3 Å². The van der Waals surface area contributed by atoms with E-state index in [-0.39, 0.29) is 11.9 Å². The van der Waals surface area contributed by atoms with Gasteiger partial charge in [0.05, 0.1) is 29.8 Å². The Kier molecular flexibility index (Phi) is 3.60. The van der Waals surface area contributed by atoms with Crippen molar-refractivity contribution in [3.05, 3.63) is 42.2 Å². The van der Waals surface area contributed by atoms with Crippen LogP contribution in [-0.4, -0.2) is 14.8 Å². The van der Waals surface area contributed by atoms with Crippen LogP contribution in [0.25, 0.3) is 0 Å². The maximum absolute atomic E-state index is 12.9. The fourth-order valence-electron chi connectivity index (χ4n) is 1.83. The van der Waals surface area contributed by atoms with E-state index in [4.69, 9.17) is 0 Å². The first kappa shape index (κ1) is 12.5. The zero-order valence-corrected chi connectivity index (χ0v) is 10.8. The molecule has 0 saturated carbocycles. The van der Waals surface area contributed by atoms with Gasteiger partial charge in [0.25, 0.3) is 0 Å². The molecule has 2 rings (SSSR count). The van der Waals surface area contributed by atoms with Gasteiger partial charge in [0.1, 0.15) is 5.82 Å². The van der Waals surface area contributed by atoms with E-state index in [1.807, 2.05) is 13.2 Å². The highest BCUT2D eigenvalue weighted by Crippen LogP contribution is 2.24. The predicted octanol–water partition coefficient (Wildman–Crippen LogP) is 2.76. The van der Waals surface area contributed by atoms with Crippen LogP contribution < -0.4 is 5.32 Å². The third-order valence-corrected chi connectivity index (χ3v) is 2.76. The average molecular weight is 248 g/mol. The van der Waals surface area contributed by atoms with Crippen LogP contribution in [0.4, 0.5) is 10.1 Å². The van der Waals surface area contributed by atoms with Crippen molar-refractivity contribution in [2.75, 3.05) is 5.32 Å². The van der Waals surface area contributed by atoms with Gasteiger partial charge in [0.2, 0.25) is 0 Å². The molecule has 0 amide bonds. The maximum Gasteiger partial charge on any atom is 0.141 e. The number of rotatable bonds is 4. The minimum Gasteiger partial charge on any atom is -0.374 e. The molecule has 0 aliphatic heterocycles. The quantitative estimate of drug-likeness (QED) is 0.904. The summed E-state index contributed by atoms with van der Waals surface area (Å²) < 4.78 is 14.6. The normalized spacial score (nSPS) is 12.7. The molecule has 96 valence electrons. The van der Waals surface area contributed by atoms with Crippen molar-refractivity contribution in [2.45, 2.75) is 19.9 Å². The monoisotopic (exact) mass is 248 g/mol. The van der Waals surface area contributed by atoms with E-state index >= 15 is 0 Å². The van der Waals surface area contributed by atoms with Crippen LogP contribution in [0.2, 0.25) is 0 Å². The molecule has 0 radical (unpaired) electrons. The highest BCUT2D eigenvalue weighted by atomic mass is 19.1. The van der Waals surface area contributed by atoms with Gasteiger partial charge >= 0.3 is 0 Å². The zero-order valence-electron chi connectivity index (χ0n) is 10.8. The summed E-state index contributed by atoms with van der Waals surface area (Å²) in [5.74, 6) is 0.0193. The summed E-state index contributed by atoms with van der Waals surface area (Å²) in [5.41, 5.74) is 1.76. The Morgan fingerprint density at radius 2 is 2.06 bits per heavy atom. The van der Waals surface area contributed by atoms with E-state index in [2.05, 4.69) is 29.2 Å². The number of hydrogen-bond acceptors (Lipinski definition) is 3. The van der Waals surface area contributed by atoms with Crippen LogP contribution in [0.3, 0.4) is 0 Å². The van der Waals surface area contributed by atoms with Crippen LogP contribution in [-0.2, 0) is 7.05 Å². The molecule has 1 atom stereocenters. The molecule has 5 heteroatoms. The Balaban J connectivity index is 2.20. The van der Waals surface area contributed by atoms with Crippen LogP contribution in [0.15, 0.2) is 30.7 Å². The topological polar surface area (TPSA) is 42.7 Å². The van der Waals surface area contributed by atoms with Gasteiger partial charge in [0.15, 0.2) is 0 Å². The molecule has 0 aromatic carbocycles. The summed E-state index contributed by atoms with van der Waals surface area (Å²) >= 11 is 0. The first-order chi connectivity index (χ1) is 8.56. The van der Waals surface area contributed by atoms with Crippen LogP contribution >= 0.6 is 0 Å². The zero-order chi connectivity index (χ0) is 13.1. The highest BCUT2D eigenvalue weighted by Gasteiger charge is 2.17. The molecule has 0 aliphatic carbocycles. The van der Waals surface area contributed by atoms with E-state index < -0.39 is 0 Å². The third-order valence-electron chi connectivity index (χ3n) is 2.76. The predicted molar refractivity (Wildman–Crippen MR) is 68.6 cm³/mol. The number of hydrogen-bond donors (Lipinski definition) is 1. The molecule has 0 spiro atoms. The summed E-state index contributed by atoms with van der Waals surface area (Å²) in [6, 6.07) is 3.18. The van der Waals surface area contributed by atoms with Crippen LogP contribution in [0.5, 0.6) is 0 Å². The van der Waals surface area contributed by atoms with Crippen molar-refractivity contribution in [3.8, 4) is 0 Å². The Morgan fingerprint density at radius 3 is 2.56 bits per heavy atom. The number of nitrogens with zero attached hydrogens (tertiary/aromatic N) is 3. The van der Waals surface area contributed by atoms with E-state index in [1.54, 1.807) is 16.9 Å². The standard InChI is InChI=1S/C13H17FN4/c1-9(2)13(12-5-4-10(14)6-15-12)17-11-7-16-18(3)8-11/h4-9,13,17H,1-3H3/t13-/m0/s1. The summed E-state index contributed by atoms with van der Waals surface area (Å²) in [4.78, 5) is 4.14. The van der Waals surface area contributed by atoms with Crippen molar-refractivity contribution in [2.24, 2.45) is 13.0 Å². The number of aryl methyl sites for hydroxylation is 1. The molecular formula is C13H17FN4. The Hall–Kier alpha value is -1.91. The Bertz CT molecular complexity index is 504. The van der Waals surface area contributed by atoms with Gasteiger partial charge in [-0.2, -0.15) is 5.10 Å². The molecule has 2 heterocycles. The summed E-state index contributed by atoms with van der Waals surface area (Å²) in [6.45, 7) is 4.19. The molecule has 18 heavy (non-hydrogen) atoms. The maximum atomic E-state index is 12.9. The molecule has 0 aliphatic rings. The van der Waals surface area contributed by atoms with Crippen molar-refractivity contribution in [3.63, 3.8) is 0 Å². The summed E-state index contributed by atoms with van der Waals surface area (Å²) in [7, 11) is 1.87. The molecule has 0 saturated heterocycles. The van der Waals surface area contributed by atoms with Gasteiger partial charge in [-0.15, -0.1) is 0 Å². The summed E-state index contributed by atoms with van der Waals surface area (Å²) in [5, 5.41) is 7.48. The number of nitrogens with one attached hydrogen (secondary N) is 1. The van der Waals surface area contributed by atoms with Crippen molar-refractivity contribution in [1.82, 2.24) is 14.8 Å². The first-order valence-corrected chi connectivity index (χ1v) is 5.93. The lowest BCUT2D eigenvalue weighted by Crippen LogP contribution is -2.17. The molecule has 2 aromatic rings. The largest absolute Gasteiger partial charge is 0.374 e. The van der Waals surface area contributed by atoms with Crippen LogP contribution in [0.1, 0.15) is 25.6 Å². The Labute approximate surface area is 106 Å². The minimum absolute atomic E-state index is 0.0369. The second-order valence-electron chi connectivity index (χ2n) is 4.67. The average Bonchev–Trinajstić information content (AvgIpc) is 2.73. The second-order valence-corrected chi connectivity index (χ2v) is 4.67. The molecule has 0 bridgehead atoms. The van der Waals surface area contributed by atoms with Gasteiger partial charge in [-0.3, -0.25) is 9.67 Å². The summed E-state index contributed by atoms with van der Waals surface area (Å²) in [6.07, 6.45) is 4.91. The minimum atomic E-state index is -0.317. The molecule has 2 aromatic heterocycles. The molecule has 0 unspecified atom stereocenters. The van der Waals surface area contributed by atoms with Crippen molar-refractivity contribution < 1.29 is 4.39 Å².